The third-order valence-electron chi connectivity index (χ3n) is 4.62. The molecule has 1 aromatic carbocycles. The third-order valence-corrected chi connectivity index (χ3v) is 4.90. The Kier molecular flexibility index (Phi) is 4.31. The van der Waals surface area contributed by atoms with E-state index >= 15 is 0 Å². The van der Waals surface area contributed by atoms with E-state index in [1.165, 1.54) is 21.4 Å². The highest BCUT2D eigenvalue weighted by molar-refractivity contribution is 6.33. The van der Waals surface area contributed by atoms with Crippen molar-refractivity contribution in [1.29, 1.82) is 0 Å². The van der Waals surface area contributed by atoms with Crippen LogP contribution >= 0.6 is 11.6 Å². The highest BCUT2D eigenvalue weighted by Crippen LogP contribution is 2.22. The summed E-state index contributed by atoms with van der Waals surface area (Å²) in [6.07, 6.45) is 3.87. The summed E-state index contributed by atoms with van der Waals surface area (Å²) in [6, 6.07) is 7.28. The van der Waals surface area contributed by atoms with E-state index in [1.54, 1.807) is 42.5 Å². The van der Waals surface area contributed by atoms with Crippen molar-refractivity contribution in [3.63, 3.8) is 0 Å². The molecule has 0 unspecified atom stereocenters. The lowest BCUT2D eigenvalue weighted by atomic mass is 10.0. The van der Waals surface area contributed by atoms with Crippen LogP contribution in [0.4, 0.5) is 4.39 Å². The van der Waals surface area contributed by atoms with Gasteiger partial charge in [-0.25, -0.2) is 4.39 Å². The molecule has 0 aliphatic carbocycles. The first-order chi connectivity index (χ1) is 12.9. The van der Waals surface area contributed by atoms with Gasteiger partial charge in [0.2, 0.25) is 0 Å². The van der Waals surface area contributed by atoms with Crippen LogP contribution in [0.1, 0.15) is 21.6 Å². The maximum Gasteiger partial charge on any atom is 0.276 e. The van der Waals surface area contributed by atoms with Crippen LogP contribution in [0.2, 0.25) is 5.02 Å². The molecule has 3 heterocycles. The molecule has 138 valence electrons. The van der Waals surface area contributed by atoms with Gasteiger partial charge in [0, 0.05) is 44.3 Å². The highest BCUT2D eigenvalue weighted by Gasteiger charge is 2.26. The zero-order valence-corrected chi connectivity index (χ0v) is 15.3. The van der Waals surface area contributed by atoms with Gasteiger partial charge in [0.25, 0.3) is 11.5 Å². The molecule has 1 amide bonds. The van der Waals surface area contributed by atoms with Crippen molar-refractivity contribution in [2.75, 3.05) is 6.54 Å². The summed E-state index contributed by atoms with van der Waals surface area (Å²) in [6.45, 7) is 0.835. The quantitative estimate of drug-likeness (QED) is 0.680. The molecular formula is C19H16ClFN4O2. The Morgan fingerprint density at radius 2 is 1.93 bits per heavy atom. The highest BCUT2D eigenvalue weighted by atomic mass is 35.5. The molecule has 0 atom stereocenters. The molecule has 0 N–H and O–H groups in total. The molecule has 1 aliphatic heterocycles. The Balaban J connectivity index is 1.66. The van der Waals surface area contributed by atoms with E-state index in [-0.39, 0.29) is 23.0 Å². The molecule has 27 heavy (non-hydrogen) atoms. The van der Waals surface area contributed by atoms with Crippen LogP contribution < -0.4 is 5.56 Å². The van der Waals surface area contributed by atoms with Crippen LogP contribution in [-0.2, 0) is 20.0 Å². The number of pyridine rings is 1. The van der Waals surface area contributed by atoms with Crippen molar-refractivity contribution in [1.82, 2.24) is 19.2 Å². The van der Waals surface area contributed by atoms with Crippen LogP contribution in [0.15, 0.2) is 47.5 Å². The molecule has 6 nitrogen and oxygen atoms in total. The van der Waals surface area contributed by atoms with E-state index in [0.717, 1.165) is 11.1 Å². The first kappa shape index (κ1) is 17.5. The van der Waals surface area contributed by atoms with Gasteiger partial charge < -0.3 is 4.90 Å². The molecule has 2 aromatic heterocycles. The number of benzene rings is 1. The minimum absolute atomic E-state index is 0.187. The Bertz CT molecular complexity index is 1090. The Labute approximate surface area is 159 Å². The standard InChI is InChI=1S/C19H16ClFN4O2/c1-23-11-16(20)18(22-23)19(27)24-7-6-12-8-17(26)25(10-13(12)9-24)15-4-2-14(21)3-5-15/h2-5,8,10-11H,6-7,9H2,1H3. The number of aryl methyl sites for hydroxylation is 1. The second-order valence-corrected chi connectivity index (χ2v) is 6.89. The molecule has 0 saturated heterocycles. The predicted molar refractivity (Wildman–Crippen MR) is 98.7 cm³/mol. The molecule has 3 aromatic rings. The lowest BCUT2D eigenvalue weighted by Gasteiger charge is -2.28. The summed E-state index contributed by atoms with van der Waals surface area (Å²) < 4.78 is 16.1. The number of fused-ring (bicyclic) bond motifs is 1. The molecule has 0 saturated carbocycles. The van der Waals surface area contributed by atoms with Crippen LogP contribution in [0, 0.1) is 5.82 Å². The monoisotopic (exact) mass is 386 g/mol. The van der Waals surface area contributed by atoms with Crippen LogP contribution in [0.25, 0.3) is 5.69 Å². The smallest absolute Gasteiger partial charge is 0.276 e. The van der Waals surface area contributed by atoms with E-state index in [9.17, 15) is 14.0 Å². The third kappa shape index (κ3) is 3.26. The first-order valence-corrected chi connectivity index (χ1v) is 8.79. The summed E-state index contributed by atoms with van der Waals surface area (Å²) in [5.41, 5.74) is 2.38. The minimum atomic E-state index is -0.367. The molecule has 0 radical (unpaired) electrons. The normalized spacial score (nSPS) is 13.5. The minimum Gasteiger partial charge on any atom is -0.332 e. The maximum atomic E-state index is 13.2. The molecule has 1 aliphatic rings. The number of amides is 1. The van der Waals surface area contributed by atoms with Crippen molar-refractivity contribution < 1.29 is 9.18 Å². The summed E-state index contributed by atoms with van der Waals surface area (Å²) >= 11 is 6.09. The van der Waals surface area contributed by atoms with Gasteiger partial charge in [-0.1, -0.05) is 11.6 Å². The number of nitrogens with zero attached hydrogens (tertiary/aromatic N) is 4. The van der Waals surface area contributed by atoms with Crippen LogP contribution in [-0.4, -0.2) is 31.7 Å². The van der Waals surface area contributed by atoms with Gasteiger partial charge in [0.15, 0.2) is 5.69 Å². The summed E-state index contributed by atoms with van der Waals surface area (Å²) in [5, 5.41) is 4.44. The van der Waals surface area contributed by atoms with E-state index in [4.69, 9.17) is 11.6 Å². The van der Waals surface area contributed by atoms with Gasteiger partial charge in [-0.15, -0.1) is 0 Å². The fourth-order valence-electron chi connectivity index (χ4n) is 3.26. The van der Waals surface area contributed by atoms with E-state index in [1.807, 2.05) is 0 Å². The van der Waals surface area contributed by atoms with Crippen molar-refractivity contribution >= 4 is 17.5 Å². The van der Waals surface area contributed by atoms with Crippen LogP contribution in [0.3, 0.4) is 0 Å². The number of carbonyl (C=O) groups excluding carboxylic acids is 1. The Hall–Kier alpha value is -2.93. The molecule has 4 rings (SSSR count). The van der Waals surface area contributed by atoms with Gasteiger partial charge in [0.05, 0.1) is 5.02 Å². The molecular weight excluding hydrogens is 371 g/mol. The van der Waals surface area contributed by atoms with Gasteiger partial charge in [-0.05, 0) is 41.8 Å². The first-order valence-electron chi connectivity index (χ1n) is 8.41. The average Bonchev–Trinajstić information content (AvgIpc) is 2.99. The van der Waals surface area contributed by atoms with E-state index in [2.05, 4.69) is 5.10 Å². The number of rotatable bonds is 2. The zero-order valence-electron chi connectivity index (χ0n) is 14.5. The largest absolute Gasteiger partial charge is 0.332 e. The number of halogens is 2. The number of aromatic nitrogens is 3. The maximum absolute atomic E-state index is 13.2. The molecule has 0 bridgehead atoms. The number of hydrogen-bond acceptors (Lipinski definition) is 3. The predicted octanol–water partition coefficient (Wildman–Crippen LogP) is 2.56. The van der Waals surface area contributed by atoms with Crippen molar-refractivity contribution in [3.05, 3.63) is 80.7 Å². The van der Waals surface area contributed by atoms with Crippen LogP contribution in [0.5, 0.6) is 0 Å². The molecule has 0 spiro atoms. The second kappa shape index (κ2) is 6.66. The van der Waals surface area contributed by atoms with E-state index in [0.29, 0.717) is 30.2 Å². The summed E-state index contributed by atoms with van der Waals surface area (Å²) in [7, 11) is 1.70. The molecule has 8 heteroatoms. The van der Waals surface area contributed by atoms with Gasteiger partial charge >= 0.3 is 0 Å². The lowest BCUT2D eigenvalue weighted by molar-refractivity contribution is 0.0727. The molecule has 0 fully saturated rings. The van der Waals surface area contributed by atoms with Gasteiger partial charge in [-0.3, -0.25) is 18.8 Å². The summed E-state index contributed by atoms with van der Waals surface area (Å²) in [5.74, 6) is -0.612. The fourth-order valence-corrected chi connectivity index (χ4v) is 3.52. The average molecular weight is 387 g/mol. The Morgan fingerprint density at radius 3 is 2.59 bits per heavy atom. The van der Waals surface area contributed by atoms with E-state index < -0.39 is 0 Å². The Morgan fingerprint density at radius 1 is 1.19 bits per heavy atom. The summed E-state index contributed by atoms with van der Waals surface area (Å²) in [4.78, 5) is 26.8. The second-order valence-electron chi connectivity index (χ2n) is 6.48. The van der Waals surface area contributed by atoms with Gasteiger partial charge in [0.1, 0.15) is 5.82 Å². The number of carbonyl (C=O) groups is 1. The van der Waals surface area contributed by atoms with Gasteiger partial charge in [-0.2, -0.15) is 5.10 Å². The zero-order chi connectivity index (χ0) is 19.1. The van der Waals surface area contributed by atoms with Crippen molar-refractivity contribution in [2.24, 2.45) is 7.05 Å². The SMILES string of the molecule is Cn1cc(Cl)c(C(=O)N2CCc3cc(=O)n(-c4ccc(F)cc4)cc3C2)n1. The van der Waals surface area contributed by atoms with Crippen molar-refractivity contribution in [3.8, 4) is 5.69 Å². The number of hydrogen-bond donors (Lipinski definition) is 0. The lowest BCUT2D eigenvalue weighted by Crippen LogP contribution is -2.37. The van der Waals surface area contributed by atoms with Crippen molar-refractivity contribution in [2.45, 2.75) is 13.0 Å². The fraction of sp³-hybridized carbons (Fsp3) is 0.211. The topological polar surface area (TPSA) is 60.1 Å².